The normalized spacial score (nSPS) is 14.3. The van der Waals surface area contributed by atoms with Gasteiger partial charge in [0.1, 0.15) is 0 Å². The Bertz CT molecular complexity index is 229. The first-order valence-electron chi connectivity index (χ1n) is 5.33. The van der Waals surface area contributed by atoms with Crippen molar-refractivity contribution in [1.29, 1.82) is 5.41 Å². The Morgan fingerprint density at radius 1 is 1.07 bits per heavy atom. The highest BCUT2D eigenvalue weighted by Gasteiger charge is 2.36. The average Bonchev–Trinajstić information content (AvgIpc) is 1.98. The van der Waals surface area contributed by atoms with E-state index in [4.69, 9.17) is 5.41 Å². The molecule has 0 aliphatic rings. The lowest BCUT2D eigenvalue weighted by Gasteiger charge is -2.42. The second-order valence-electron chi connectivity index (χ2n) is 5.65. The second-order valence-corrected chi connectivity index (χ2v) is 9.48. The molecule has 0 rings (SSSR count). The van der Waals surface area contributed by atoms with Crippen molar-refractivity contribution < 1.29 is 0 Å². The van der Waals surface area contributed by atoms with Gasteiger partial charge in [-0.05, 0) is 24.3 Å². The second kappa shape index (κ2) is 5.12. The summed E-state index contributed by atoms with van der Waals surface area (Å²) in [7, 11) is 1.63. The van der Waals surface area contributed by atoms with Crippen molar-refractivity contribution in [3.8, 4) is 0 Å². The van der Waals surface area contributed by atoms with Crippen LogP contribution in [0, 0.1) is 5.41 Å². The summed E-state index contributed by atoms with van der Waals surface area (Å²) >= 11 is 0. The first-order chi connectivity index (χ1) is 6.64. The van der Waals surface area contributed by atoms with E-state index in [-0.39, 0.29) is 18.2 Å². The topological polar surface area (TPSA) is 35.9 Å². The molecule has 0 bridgehead atoms. The zero-order valence-electron chi connectivity index (χ0n) is 11.1. The maximum atomic E-state index is 7.21. The summed E-state index contributed by atoms with van der Waals surface area (Å²) in [5.41, 5.74) is 1.21. The molecule has 0 saturated carbocycles. The van der Waals surface area contributed by atoms with Crippen LogP contribution in [0.2, 0.25) is 0 Å². The summed E-state index contributed by atoms with van der Waals surface area (Å²) in [5, 5.41) is 11.0. The fourth-order valence-electron chi connectivity index (χ4n) is 2.08. The van der Waals surface area contributed by atoms with Crippen LogP contribution in [0.1, 0.15) is 41.5 Å². The van der Waals surface area contributed by atoms with Gasteiger partial charge in [0.15, 0.2) is 0 Å². The zero-order valence-corrected chi connectivity index (χ0v) is 12.0. The first-order valence-corrected chi connectivity index (χ1v) is 6.67. The zero-order chi connectivity index (χ0) is 12.3. The number of rotatable bonds is 3. The first kappa shape index (κ1) is 14.6. The molecule has 0 aromatic heterocycles. The van der Waals surface area contributed by atoms with Crippen LogP contribution in [0.5, 0.6) is 0 Å². The molecule has 0 fully saturated rings. The minimum atomic E-state index is -0.313. The van der Waals surface area contributed by atoms with E-state index in [1.165, 1.54) is 11.7 Å². The maximum absolute atomic E-state index is 7.21. The van der Waals surface area contributed by atoms with Gasteiger partial charge in [0, 0.05) is 18.7 Å². The number of nitrogens with one attached hydrogen (secondary N) is 2. The number of allylic oxidation sites excluding steroid dienone is 1. The van der Waals surface area contributed by atoms with E-state index in [2.05, 4.69) is 46.9 Å². The van der Waals surface area contributed by atoms with E-state index in [9.17, 15) is 0 Å². The Kier molecular flexibility index (Phi) is 4.99. The van der Waals surface area contributed by atoms with Gasteiger partial charge in [-0.25, -0.2) is 0 Å². The van der Waals surface area contributed by atoms with Gasteiger partial charge in [0.25, 0.3) is 0 Å². The van der Waals surface area contributed by atoms with Crippen molar-refractivity contribution in [2.24, 2.45) is 0 Å². The van der Waals surface area contributed by atoms with Gasteiger partial charge in [-0.15, -0.1) is 0 Å². The van der Waals surface area contributed by atoms with E-state index in [0.717, 1.165) is 0 Å². The molecule has 15 heavy (non-hydrogen) atoms. The summed E-state index contributed by atoms with van der Waals surface area (Å²) in [6, 6.07) is 0. The average molecular weight is 228 g/mol. The van der Waals surface area contributed by atoms with Crippen LogP contribution in [0.4, 0.5) is 0 Å². The van der Waals surface area contributed by atoms with Gasteiger partial charge in [-0.2, -0.15) is 0 Å². The smallest absolute Gasteiger partial charge is 0.0367 e. The third kappa shape index (κ3) is 4.34. The van der Waals surface area contributed by atoms with E-state index in [1.54, 1.807) is 0 Å². The van der Waals surface area contributed by atoms with Gasteiger partial charge in [0.2, 0.25) is 0 Å². The molecule has 0 spiro atoms. The summed E-state index contributed by atoms with van der Waals surface area (Å²) in [6.07, 6.45) is 3.26. The minimum absolute atomic E-state index is 0.255. The summed E-state index contributed by atoms with van der Waals surface area (Å²) in [5.74, 6) is 0. The van der Waals surface area contributed by atoms with Crippen molar-refractivity contribution in [2.75, 3.05) is 7.05 Å². The highest BCUT2D eigenvalue weighted by Crippen LogP contribution is 2.63. The molecule has 0 aliphatic heterocycles. The highest BCUT2D eigenvalue weighted by atomic mass is 31.1. The molecule has 0 unspecified atom stereocenters. The van der Waals surface area contributed by atoms with Gasteiger partial charge < -0.3 is 10.7 Å². The predicted octanol–water partition coefficient (Wildman–Crippen LogP) is 3.78. The third-order valence-corrected chi connectivity index (χ3v) is 5.62. The van der Waals surface area contributed by atoms with Gasteiger partial charge in [-0.3, -0.25) is 0 Å². The fourth-order valence-corrected chi connectivity index (χ4v) is 5.98. The van der Waals surface area contributed by atoms with E-state index >= 15 is 0 Å². The van der Waals surface area contributed by atoms with Crippen LogP contribution in [-0.4, -0.2) is 23.6 Å². The lowest BCUT2D eigenvalue weighted by molar-refractivity contribution is 0.706. The molecule has 0 atom stereocenters. The Hall–Kier alpha value is -0.360. The molecule has 0 aliphatic carbocycles. The number of hydrogen-bond donors (Lipinski definition) is 2. The van der Waals surface area contributed by atoms with Gasteiger partial charge >= 0.3 is 0 Å². The standard InChI is InChI=1S/C12H25N2P/c1-11(2,3)15(12(4,5)6)10(14-7)8-9-13/h8-9,13-14H,1-7H3/b10-8+,13-9?. The van der Waals surface area contributed by atoms with E-state index in [1.807, 2.05) is 13.1 Å². The summed E-state index contributed by atoms with van der Waals surface area (Å²) in [4.78, 5) is 0. The lowest BCUT2D eigenvalue weighted by atomic mass is 10.2. The van der Waals surface area contributed by atoms with Crippen LogP contribution >= 0.6 is 7.92 Å². The van der Waals surface area contributed by atoms with Crippen LogP contribution < -0.4 is 5.32 Å². The highest BCUT2D eigenvalue weighted by molar-refractivity contribution is 7.65. The lowest BCUT2D eigenvalue weighted by Crippen LogP contribution is -2.29. The summed E-state index contributed by atoms with van der Waals surface area (Å²) < 4.78 is 0. The van der Waals surface area contributed by atoms with Crippen LogP contribution in [0.15, 0.2) is 11.5 Å². The largest absolute Gasteiger partial charge is 0.388 e. The van der Waals surface area contributed by atoms with E-state index in [0.29, 0.717) is 0 Å². The molecule has 0 amide bonds. The Balaban J connectivity index is 5.29. The molecule has 2 nitrogen and oxygen atoms in total. The van der Waals surface area contributed by atoms with Crippen LogP contribution in [0.3, 0.4) is 0 Å². The van der Waals surface area contributed by atoms with Crippen molar-refractivity contribution in [3.05, 3.63) is 11.5 Å². The molecule has 88 valence electrons. The summed E-state index contributed by atoms with van der Waals surface area (Å²) in [6.45, 7) is 13.7. The minimum Gasteiger partial charge on any atom is -0.388 e. The maximum Gasteiger partial charge on any atom is 0.0367 e. The van der Waals surface area contributed by atoms with Crippen molar-refractivity contribution in [2.45, 2.75) is 51.9 Å². The molecule has 0 radical (unpaired) electrons. The molecule has 2 N–H and O–H groups in total. The Labute approximate surface area is 95.8 Å². The molecular formula is C12H25N2P. The van der Waals surface area contributed by atoms with Gasteiger partial charge in [0.05, 0.1) is 0 Å². The van der Waals surface area contributed by atoms with Crippen molar-refractivity contribution >= 4 is 14.1 Å². The molecule has 0 saturated heterocycles. The van der Waals surface area contributed by atoms with Crippen LogP contribution in [-0.2, 0) is 0 Å². The molecular weight excluding hydrogens is 203 g/mol. The van der Waals surface area contributed by atoms with Gasteiger partial charge in [-0.1, -0.05) is 41.5 Å². The predicted molar refractivity (Wildman–Crippen MR) is 72.4 cm³/mol. The van der Waals surface area contributed by atoms with E-state index < -0.39 is 0 Å². The monoisotopic (exact) mass is 228 g/mol. The van der Waals surface area contributed by atoms with Crippen molar-refractivity contribution in [3.63, 3.8) is 0 Å². The fraction of sp³-hybridized carbons (Fsp3) is 0.750. The number of hydrogen-bond acceptors (Lipinski definition) is 2. The Morgan fingerprint density at radius 2 is 1.47 bits per heavy atom. The van der Waals surface area contributed by atoms with Crippen molar-refractivity contribution in [1.82, 2.24) is 5.32 Å². The molecule has 0 heterocycles. The Morgan fingerprint density at radius 3 is 1.67 bits per heavy atom. The molecule has 0 aromatic carbocycles. The SMILES string of the molecule is CN/C(=C\C=N)P(C(C)(C)C)C(C)(C)C. The molecule has 0 aromatic rings. The van der Waals surface area contributed by atoms with Crippen LogP contribution in [0.25, 0.3) is 0 Å². The third-order valence-electron chi connectivity index (χ3n) is 2.08. The molecule has 3 heteroatoms. The quantitative estimate of drug-likeness (QED) is 0.559.